The van der Waals surface area contributed by atoms with Crippen LogP contribution in [0, 0.1) is 0 Å². The Bertz CT molecular complexity index is 159. The van der Waals surface area contributed by atoms with Crippen molar-refractivity contribution >= 4 is 6.09 Å². The first kappa shape index (κ1) is 11.0. The van der Waals surface area contributed by atoms with Gasteiger partial charge in [-0.25, -0.2) is 4.79 Å². The van der Waals surface area contributed by atoms with Gasteiger partial charge in [0.05, 0.1) is 0 Å². The fraction of sp³-hybridized carbons (Fsp3) is 0.800. The van der Waals surface area contributed by atoms with Crippen LogP contribution >= 0.6 is 0 Å². The van der Waals surface area contributed by atoms with Crippen LogP contribution in [-0.4, -0.2) is 35.1 Å². The highest BCUT2D eigenvalue weighted by molar-refractivity contribution is 5.64. The molecule has 0 aromatic rings. The average Bonchev–Trinajstić information content (AvgIpc) is 1.83. The second-order valence-electron chi connectivity index (χ2n) is 2.06. The molecule has 0 aromatic heterocycles. The molecule has 0 aromatic carbocycles. The molecule has 12 heavy (non-hydrogen) atoms. The summed E-state index contributed by atoms with van der Waals surface area (Å²) in [6.45, 7) is -0.718. The van der Waals surface area contributed by atoms with Crippen LogP contribution in [0.25, 0.3) is 0 Å². The van der Waals surface area contributed by atoms with Crippen molar-refractivity contribution in [3.63, 3.8) is 0 Å². The summed E-state index contributed by atoms with van der Waals surface area (Å²) in [5.74, 6) is 0. The van der Waals surface area contributed by atoms with Crippen LogP contribution in [0.4, 0.5) is 18.0 Å². The smallest absolute Gasteiger partial charge is 0.408 e. The summed E-state index contributed by atoms with van der Waals surface area (Å²) in [7, 11) is 0. The quantitative estimate of drug-likeness (QED) is 0.604. The van der Waals surface area contributed by atoms with E-state index < -0.39 is 31.3 Å². The lowest BCUT2D eigenvalue weighted by Crippen LogP contribution is -2.45. The molecule has 0 bridgehead atoms. The SMILES string of the molecule is O=C(O)NC(CCO)C(F)(F)F. The Kier molecular flexibility index (Phi) is 3.81. The molecule has 3 N–H and O–H groups in total. The second kappa shape index (κ2) is 4.15. The van der Waals surface area contributed by atoms with Crippen molar-refractivity contribution in [2.75, 3.05) is 6.61 Å². The fourth-order valence-corrected chi connectivity index (χ4v) is 0.596. The molecule has 72 valence electrons. The lowest BCUT2D eigenvalue weighted by Gasteiger charge is -2.18. The van der Waals surface area contributed by atoms with E-state index in [0.717, 1.165) is 0 Å². The Morgan fingerprint density at radius 1 is 1.50 bits per heavy atom. The van der Waals surface area contributed by atoms with Crippen molar-refractivity contribution in [2.45, 2.75) is 18.6 Å². The number of rotatable bonds is 3. The molecule has 0 heterocycles. The minimum atomic E-state index is -4.65. The normalized spacial score (nSPS) is 14.0. The topological polar surface area (TPSA) is 69.6 Å². The number of carboxylic acid groups (broad SMARTS) is 1. The lowest BCUT2D eigenvalue weighted by molar-refractivity contribution is -0.157. The van der Waals surface area contributed by atoms with E-state index >= 15 is 0 Å². The summed E-state index contributed by atoms with van der Waals surface area (Å²) in [5, 5.41) is 17.4. The number of nitrogens with one attached hydrogen (secondary N) is 1. The van der Waals surface area contributed by atoms with Gasteiger partial charge in [0.2, 0.25) is 0 Å². The number of amides is 1. The first-order valence-corrected chi connectivity index (χ1v) is 3.05. The number of hydrogen-bond acceptors (Lipinski definition) is 2. The Hall–Kier alpha value is -0.980. The minimum Gasteiger partial charge on any atom is -0.465 e. The molecule has 0 aliphatic carbocycles. The van der Waals surface area contributed by atoms with Gasteiger partial charge in [0.15, 0.2) is 0 Å². The Labute approximate surface area is 66.0 Å². The molecule has 0 fully saturated rings. The highest BCUT2D eigenvalue weighted by Crippen LogP contribution is 2.21. The van der Waals surface area contributed by atoms with Crippen molar-refractivity contribution in [1.82, 2.24) is 5.32 Å². The predicted octanol–water partition coefficient (Wildman–Crippen LogP) is 0.567. The minimum absolute atomic E-state index is 0.671. The molecular weight excluding hydrogens is 179 g/mol. The molecule has 0 saturated heterocycles. The largest absolute Gasteiger partial charge is 0.465 e. The number of hydrogen-bond donors (Lipinski definition) is 3. The second-order valence-corrected chi connectivity index (χ2v) is 2.06. The van der Waals surface area contributed by atoms with Gasteiger partial charge in [0.25, 0.3) is 0 Å². The molecule has 1 unspecified atom stereocenters. The van der Waals surface area contributed by atoms with Gasteiger partial charge < -0.3 is 15.5 Å². The highest BCUT2D eigenvalue weighted by atomic mass is 19.4. The monoisotopic (exact) mass is 187 g/mol. The van der Waals surface area contributed by atoms with Crippen LogP contribution in [0.3, 0.4) is 0 Å². The van der Waals surface area contributed by atoms with Crippen LogP contribution in [0.15, 0.2) is 0 Å². The van der Waals surface area contributed by atoms with Gasteiger partial charge in [-0.05, 0) is 6.42 Å². The summed E-state index contributed by atoms with van der Waals surface area (Å²) in [5.41, 5.74) is 0. The Balaban J connectivity index is 4.13. The maximum Gasteiger partial charge on any atom is 0.408 e. The van der Waals surface area contributed by atoms with E-state index in [1.165, 1.54) is 5.32 Å². The average molecular weight is 187 g/mol. The lowest BCUT2D eigenvalue weighted by atomic mass is 10.2. The molecular formula is C5H8F3NO3. The number of carbonyl (C=O) groups is 1. The third-order valence-electron chi connectivity index (χ3n) is 1.11. The molecule has 1 amide bonds. The van der Waals surface area contributed by atoms with Gasteiger partial charge in [-0.15, -0.1) is 0 Å². The molecule has 0 spiro atoms. The van der Waals surface area contributed by atoms with Crippen LogP contribution in [-0.2, 0) is 0 Å². The number of halogens is 3. The Morgan fingerprint density at radius 3 is 2.25 bits per heavy atom. The molecule has 4 nitrogen and oxygen atoms in total. The van der Waals surface area contributed by atoms with Crippen LogP contribution in [0.2, 0.25) is 0 Å². The molecule has 0 saturated carbocycles. The zero-order chi connectivity index (χ0) is 9.78. The molecule has 0 aliphatic rings. The van der Waals surface area contributed by atoms with Gasteiger partial charge in [-0.1, -0.05) is 0 Å². The third-order valence-corrected chi connectivity index (χ3v) is 1.11. The maximum absolute atomic E-state index is 11.8. The van der Waals surface area contributed by atoms with E-state index in [4.69, 9.17) is 10.2 Å². The number of aliphatic hydroxyl groups excluding tert-OH is 1. The molecule has 7 heteroatoms. The summed E-state index contributed by atoms with van der Waals surface area (Å²) in [6, 6.07) is -2.19. The number of alkyl halides is 3. The van der Waals surface area contributed by atoms with E-state index in [1.807, 2.05) is 0 Å². The van der Waals surface area contributed by atoms with Gasteiger partial charge in [-0.3, -0.25) is 0 Å². The van der Waals surface area contributed by atoms with Gasteiger partial charge >= 0.3 is 12.3 Å². The van der Waals surface area contributed by atoms with Crippen LogP contribution in [0.1, 0.15) is 6.42 Å². The summed E-state index contributed by atoms with van der Waals surface area (Å²) >= 11 is 0. The zero-order valence-corrected chi connectivity index (χ0v) is 5.93. The van der Waals surface area contributed by atoms with Gasteiger partial charge in [0.1, 0.15) is 6.04 Å². The zero-order valence-electron chi connectivity index (χ0n) is 5.93. The highest BCUT2D eigenvalue weighted by Gasteiger charge is 2.40. The molecule has 0 aliphatic heterocycles. The van der Waals surface area contributed by atoms with E-state index in [1.54, 1.807) is 0 Å². The first-order valence-electron chi connectivity index (χ1n) is 3.05. The third kappa shape index (κ3) is 4.02. The Morgan fingerprint density at radius 2 is 2.00 bits per heavy atom. The van der Waals surface area contributed by atoms with Crippen molar-refractivity contribution in [2.24, 2.45) is 0 Å². The fourth-order valence-electron chi connectivity index (χ4n) is 0.596. The summed E-state index contributed by atoms with van der Waals surface area (Å²) < 4.78 is 35.5. The van der Waals surface area contributed by atoms with Gasteiger partial charge in [0, 0.05) is 6.61 Å². The maximum atomic E-state index is 11.8. The van der Waals surface area contributed by atoms with Crippen molar-refractivity contribution < 1.29 is 28.2 Å². The molecule has 0 radical (unpaired) electrons. The van der Waals surface area contributed by atoms with E-state index in [9.17, 15) is 18.0 Å². The molecule has 1 atom stereocenters. The first-order chi connectivity index (χ1) is 5.38. The van der Waals surface area contributed by atoms with Gasteiger partial charge in [-0.2, -0.15) is 13.2 Å². The number of aliphatic hydroxyl groups is 1. The van der Waals surface area contributed by atoms with E-state index in [2.05, 4.69) is 0 Å². The standard InChI is InChI=1S/C5H8F3NO3/c6-5(7,8)3(1-2-10)9-4(11)12/h3,9-10H,1-2H2,(H,11,12). The van der Waals surface area contributed by atoms with Crippen molar-refractivity contribution in [3.05, 3.63) is 0 Å². The van der Waals surface area contributed by atoms with Crippen LogP contribution < -0.4 is 5.32 Å². The summed E-state index contributed by atoms with van der Waals surface area (Å²) in [6.07, 6.45) is -7.08. The summed E-state index contributed by atoms with van der Waals surface area (Å²) in [4.78, 5) is 9.84. The molecule has 0 rings (SSSR count). The van der Waals surface area contributed by atoms with Crippen molar-refractivity contribution in [1.29, 1.82) is 0 Å². The van der Waals surface area contributed by atoms with Crippen molar-refractivity contribution in [3.8, 4) is 0 Å². The van der Waals surface area contributed by atoms with Crippen LogP contribution in [0.5, 0.6) is 0 Å². The van der Waals surface area contributed by atoms with E-state index in [0.29, 0.717) is 0 Å². The predicted molar refractivity (Wildman–Crippen MR) is 32.7 cm³/mol. The van der Waals surface area contributed by atoms with E-state index in [-0.39, 0.29) is 0 Å².